The monoisotopic (exact) mass is 168 g/mol. The first-order chi connectivity index (χ1) is 5.70. The Bertz CT molecular complexity index is 229. The molecule has 0 saturated heterocycles. The number of hydrogen-bond donors (Lipinski definition) is 1. The van der Waals surface area contributed by atoms with E-state index in [1.54, 1.807) is 0 Å². The van der Waals surface area contributed by atoms with Gasteiger partial charge in [0, 0.05) is 46.0 Å². The number of hydrazine groups is 1. The fourth-order valence-electron chi connectivity index (χ4n) is 1.05. The molecule has 0 aromatic carbocycles. The molecular formula is C8H16N4. The van der Waals surface area contributed by atoms with Gasteiger partial charge in [-0.1, -0.05) is 0 Å². The quantitative estimate of drug-likeness (QED) is 0.644. The fraction of sp³-hybridized carbons (Fsp3) is 0.625. The molecule has 0 atom stereocenters. The van der Waals surface area contributed by atoms with Crippen molar-refractivity contribution in [3.05, 3.63) is 18.0 Å². The lowest BCUT2D eigenvalue weighted by Crippen LogP contribution is -2.32. The van der Waals surface area contributed by atoms with Crippen LogP contribution in [-0.2, 0) is 13.5 Å². The molecule has 1 aromatic rings. The summed E-state index contributed by atoms with van der Waals surface area (Å²) < 4.78 is 1.90. The molecule has 0 radical (unpaired) electrons. The summed E-state index contributed by atoms with van der Waals surface area (Å²) in [6.07, 6.45) is 2.83. The Morgan fingerprint density at radius 3 is 2.83 bits per heavy atom. The van der Waals surface area contributed by atoms with E-state index in [4.69, 9.17) is 0 Å². The van der Waals surface area contributed by atoms with Gasteiger partial charge in [-0.3, -0.25) is 15.1 Å². The third-order valence-corrected chi connectivity index (χ3v) is 1.73. The van der Waals surface area contributed by atoms with Crippen LogP contribution in [0, 0.1) is 0 Å². The van der Waals surface area contributed by atoms with Crippen LogP contribution in [-0.4, -0.2) is 35.4 Å². The number of rotatable bonds is 4. The van der Waals surface area contributed by atoms with Crippen LogP contribution in [0.5, 0.6) is 0 Å². The van der Waals surface area contributed by atoms with Gasteiger partial charge in [-0.05, 0) is 6.07 Å². The van der Waals surface area contributed by atoms with Gasteiger partial charge in [0.15, 0.2) is 0 Å². The van der Waals surface area contributed by atoms with Crippen molar-refractivity contribution < 1.29 is 0 Å². The zero-order chi connectivity index (χ0) is 8.97. The van der Waals surface area contributed by atoms with Crippen LogP contribution >= 0.6 is 0 Å². The van der Waals surface area contributed by atoms with Crippen LogP contribution in [0.3, 0.4) is 0 Å². The molecule has 0 spiro atoms. The van der Waals surface area contributed by atoms with Crippen molar-refractivity contribution in [2.75, 3.05) is 20.6 Å². The van der Waals surface area contributed by atoms with E-state index in [0.717, 1.165) is 13.0 Å². The average molecular weight is 168 g/mol. The summed E-state index contributed by atoms with van der Waals surface area (Å²) in [6, 6.07) is 2.04. The number of aromatic nitrogens is 2. The SMILES string of the molecule is CN(C)NCCc1ccnn1C. The Kier molecular flexibility index (Phi) is 3.25. The van der Waals surface area contributed by atoms with Crippen LogP contribution in [0.2, 0.25) is 0 Å². The maximum atomic E-state index is 4.09. The molecule has 1 N–H and O–H groups in total. The molecule has 0 saturated carbocycles. The van der Waals surface area contributed by atoms with Crippen molar-refractivity contribution in [3.63, 3.8) is 0 Å². The highest BCUT2D eigenvalue weighted by Gasteiger charge is 1.97. The molecule has 1 aromatic heterocycles. The second-order valence-corrected chi connectivity index (χ2v) is 3.00. The first-order valence-electron chi connectivity index (χ1n) is 4.08. The topological polar surface area (TPSA) is 33.1 Å². The van der Waals surface area contributed by atoms with Crippen molar-refractivity contribution >= 4 is 0 Å². The Morgan fingerprint density at radius 2 is 2.33 bits per heavy atom. The summed E-state index contributed by atoms with van der Waals surface area (Å²) in [4.78, 5) is 0. The Morgan fingerprint density at radius 1 is 1.58 bits per heavy atom. The van der Waals surface area contributed by atoms with Crippen molar-refractivity contribution in [2.45, 2.75) is 6.42 Å². The summed E-state index contributed by atoms with van der Waals surface area (Å²) in [7, 11) is 5.94. The molecule has 4 nitrogen and oxygen atoms in total. The van der Waals surface area contributed by atoms with E-state index in [0.29, 0.717) is 0 Å². The highest BCUT2D eigenvalue weighted by molar-refractivity contribution is 4.99. The van der Waals surface area contributed by atoms with Gasteiger partial charge in [-0.2, -0.15) is 5.10 Å². The van der Waals surface area contributed by atoms with Gasteiger partial charge < -0.3 is 0 Å². The first kappa shape index (κ1) is 9.22. The highest BCUT2D eigenvalue weighted by atomic mass is 15.5. The van der Waals surface area contributed by atoms with E-state index >= 15 is 0 Å². The maximum absolute atomic E-state index is 4.09. The molecule has 4 heteroatoms. The van der Waals surface area contributed by atoms with Crippen LogP contribution < -0.4 is 5.43 Å². The third kappa shape index (κ3) is 2.64. The van der Waals surface area contributed by atoms with E-state index in [2.05, 4.69) is 10.5 Å². The number of nitrogens with zero attached hydrogens (tertiary/aromatic N) is 3. The molecule has 12 heavy (non-hydrogen) atoms. The molecule has 0 amide bonds. The van der Waals surface area contributed by atoms with E-state index in [9.17, 15) is 0 Å². The van der Waals surface area contributed by atoms with Gasteiger partial charge in [0.1, 0.15) is 0 Å². The minimum Gasteiger partial charge on any atom is -0.273 e. The van der Waals surface area contributed by atoms with Crippen molar-refractivity contribution in [2.24, 2.45) is 7.05 Å². The smallest absolute Gasteiger partial charge is 0.0492 e. The van der Waals surface area contributed by atoms with Crippen LogP contribution in [0.1, 0.15) is 5.69 Å². The normalized spacial score (nSPS) is 11.0. The zero-order valence-electron chi connectivity index (χ0n) is 7.91. The number of hydrogen-bond acceptors (Lipinski definition) is 3. The van der Waals surface area contributed by atoms with Crippen LogP contribution in [0.25, 0.3) is 0 Å². The van der Waals surface area contributed by atoms with Gasteiger partial charge in [0.05, 0.1) is 0 Å². The predicted molar refractivity (Wildman–Crippen MR) is 48.6 cm³/mol. The lowest BCUT2D eigenvalue weighted by molar-refractivity contribution is 0.291. The summed E-state index contributed by atoms with van der Waals surface area (Å²) in [5.41, 5.74) is 4.46. The molecule has 1 rings (SSSR count). The zero-order valence-corrected chi connectivity index (χ0v) is 7.91. The third-order valence-electron chi connectivity index (χ3n) is 1.73. The van der Waals surface area contributed by atoms with Crippen molar-refractivity contribution in [1.82, 2.24) is 20.2 Å². The molecule has 0 bridgehead atoms. The highest BCUT2D eigenvalue weighted by Crippen LogP contribution is 1.95. The van der Waals surface area contributed by atoms with E-state index in [1.807, 2.05) is 43.1 Å². The summed E-state index contributed by atoms with van der Waals surface area (Å²) in [5.74, 6) is 0. The average Bonchev–Trinajstić information content (AvgIpc) is 2.36. The lowest BCUT2D eigenvalue weighted by atomic mass is 10.3. The first-order valence-corrected chi connectivity index (χ1v) is 4.08. The Balaban J connectivity index is 2.29. The molecular weight excluding hydrogens is 152 g/mol. The minimum absolute atomic E-state index is 0.951. The van der Waals surface area contributed by atoms with E-state index < -0.39 is 0 Å². The Labute approximate surface area is 73.1 Å². The van der Waals surface area contributed by atoms with E-state index in [-0.39, 0.29) is 0 Å². The molecule has 0 unspecified atom stereocenters. The van der Waals surface area contributed by atoms with Crippen LogP contribution in [0.15, 0.2) is 12.3 Å². The molecule has 68 valence electrons. The summed E-state index contributed by atoms with van der Waals surface area (Å²) >= 11 is 0. The number of nitrogens with one attached hydrogen (secondary N) is 1. The largest absolute Gasteiger partial charge is 0.273 e. The Hall–Kier alpha value is -0.870. The van der Waals surface area contributed by atoms with Gasteiger partial charge >= 0.3 is 0 Å². The van der Waals surface area contributed by atoms with Crippen LogP contribution in [0.4, 0.5) is 0 Å². The van der Waals surface area contributed by atoms with Gasteiger partial charge in [-0.15, -0.1) is 0 Å². The van der Waals surface area contributed by atoms with Crippen molar-refractivity contribution in [3.8, 4) is 0 Å². The summed E-state index contributed by atoms with van der Waals surface area (Å²) in [6.45, 7) is 0.951. The van der Waals surface area contributed by atoms with Gasteiger partial charge in [0.2, 0.25) is 0 Å². The fourth-order valence-corrected chi connectivity index (χ4v) is 1.05. The second kappa shape index (κ2) is 4.23. The van der Waals surface area contributed by atoms with Gasteiger partial charge in [0.25, 0.3) is 0 Å². The standard InChI is InChI=1S/C8H16N4/c1-11(2)9-6-4-8-5-7-10-12(8)3/h5,7,9H,4,6H2,1-3H3. The van der Waals surface area contributed by atoms with Gasteiger partial charge in [-0.25, -0.2) is 0 Å². The summed E-state index contributed by atoms with van der Waals surface area (Å²) in [5, 5.41) is 6.04. The van der Waals surface area contributed by atoms with Crippen molar-refractivity contribution in [1.29, 1.82) is 0 Å². The molecule has 1 heterocycles. The molecule has 0 aliphatic heterocycles. The maximum Gasteiger partial charge on any atom is 0.0492 e. The lowest BCUT2D eigenvalue weighted by Gasteiger charge is -2.11. The minimum atomic E-state index is 0.951. The van der Waals surface area contributed by atoms with E-state index in [1.165, 1.54) is 5.69 Å². The molecule has 0 aliphatic carbocycles. The predicted octanol–water partition coefficient (Wildman–Crippen LogP) is 0.0288. The molecule has 0 aliphatic rings. The second-order valence-electron chi connectivity index (χ2n) is 3.00. The number of aryl methyl sites for hydroxylation is 1. The molecule has 0 fully saturated rings.